The second kappa shape index (κ2) is 8.64. The normalized spacial score (nSPS) is 12.8. The Kier molecular flexibility index (Phi) is 6.77. The van der Waals surface area contributed by atoms with Gasteiger partial charge in [0.05, 0.1) is 11.4 Å². The van der Waals surface area contributed by atoms with Gasteiger partial charge in [-0.2, -0.15) is 0 Å². The molecule has 6 nitrogen and oxygen atoms in total. The summed E-state index contributed by atoms with van der Waals surface area (Å²) in [6.07, 6.45) is 0. The fraction of sp³-hybridized carbons (Fsp3) is 0.278. The number of rotatable bonds is 7. The molecule has 0 fully saturated rings. The molecule has 8 heteroatoms. The van der Waals surface area contributed by atoms with Gasteiger partial charge in [-0.15, -0.1) is 0 Å². The zero-order chi connectivity index (χ0) is 19.3. The van der Waals surface area contributed by atoms with Gasteiger partial charge in [-0.05, 0) is 42.8 Å². The van der Waals surface area contributed by atoms with Crippen molar-refractivity contribution in [3.8, 4) is 0 Å². The minimum absolute atomic E-state index is 0.0556. The number of nitrogens with one attached hydrogen (secondary N) is 2. The number of carbonyl (C=O) groups is 1. The number of hydrogen-bond donors (Lipinski definition) is 2. The number of benzene rings is 2. The van der Waals surface area contributed by atoms with Gasteiger partial charge in [0.25, 0.3) is 0 Å². The van der Waals surface area contributed by atoms with Crippen molar-refractivity contribution in [2.45, 2.75) is 17.9 Å². The number of hydrogen-bond acceptors (Lipinski definition) is 4. The topological polar surface area (TPSA) is 78.5 Å². The molecule has 0 aliphatic rings. The molecular weight excluding hydrogens is 374 g/mol. The first-order valence-electron chi connectivity index (χ1n) is 8.01. The number of amides is 1. The van der Waals surface area contributed by atoms with E-state index in [0.717, 1.165) is 9.87 Å². The van der Waals surface area contributed by atoms with Crippen LogP contribution in [0.15, 0.2) is 53.4 Å². The molecule has 0 saturated heterocycles. The van der Waals surface area contributed by atoms with Gasteiger partial charge < -0.3 is 10.6 Å². The molecule has 1 atom stereocenters. The summed E-state index contributed by atoms with van der Waals surface area (Å²) in [5.41, 5.74) is 1.40. The highest BCUT2D eigenvalue weighted by atomic mass is 35.5. The van der Waals surface area contributed by atoms with Crippen molar-refractivity contribution in [3.63, 3.8) is 0 Å². The third-order valence-electron chi connectivity index (χ3n) is 3.81. The molecule has 0 radical (unpaired) electrons. The maximum atomic E-state index is 12.2. The lowest BCUT2D eigenvalue weighted by Crippen LogP contribution is -2.30. The molecule has 0 aliphatic heterocycles. The summed E-state index contributed by atoms with van der Waals surface area (Å²) < 4.78 is 25.4. The maximum Gasteiger partial charge on any atom is 0.242 e. The Morgan fingerprint density at radius 1 is 1.15 bits per heavy atom. The van der Waals surface area contributed by atoms with Crippen molar-refractivity contribution < 1.29 is 13.2 Å². The fourth-order valence-electron chi connectivity index (χ4n) is 2.29. The van der Waals surface area contributed by atoms with E-state index in [2.05, 4.69) is 10.6 Å². The number of sulfonamides is 1. The van der Waals surface area contributed by atoms with Crippen LogP contribution in [0.4, 0.5) is 5.69 Å². The summed E-state index contributed by atoms with van der Waals surface area (Å²) in [6, 6.07) is 13.5. The van der Waals surface area contributed by atoms with Gasteiger partial charge in [-0.1, -0.05) is 29.8 Å². The lowest BCUT2D eigenvalue weighted by molar-refractivity contribution is -0.115. The average molecular weight is 396 g/mol. The summed E-state index contributed by atoms with van der Waals surface area (Å²) in [5.74, 6) is -0.265. The molecule has 0 spiro atoms. The quantitative estimate of drug-likeness (QED) is 0.755. The van der Waals surface area contributed by atoms with Crippen LogP contribution in [0.2, 0.25) is 5.02 Å². The summed E-state index contributed by atoms with van der Waals surface area (Å²) in [5, 5.41) is 6.45. The van der Waals surface area contributed by atoms with Crippen LogP contribution in [0.1, 0.15) is 18.5 Å². The Bertz CT molecular complexity index is 885. The molecule has 0 heterocycles. The van der Waals surface area contributed by atoms with Gasteiger partial charge in [0.2, 0.25) is 15.9 Å². The molecule has 0 unspecified atom stereocenters. The smallest absolute Gasteiger partial charge is 0.242 e. The average Bonchev–Trinajstić information content (AvgIpc) is 2.59. The minimum Gasteiger partial charge on any atom is -0.325 e. The molecule has 2 aromatic rings. The van der Waals surface area contributed by atoms with Crippen LogP contribution >= 0.6 is 11.6 Å². The van der Waals surface area contributed by atoms with Crippen molar-refractivity contribution in [2.75, 3.05) is 26.0 Å². The van der Waals surface area contributed by atoms with Gasteiger partial charge in [0, 0.05) is 30.8 Å². The SMILES string of the molecule is C[C@@H](NCC(=O)Nc1cccc(S(=O)(=O)N(C)C)c1)c1cccc(Cl)c1. The van der Waals surface area contributed by atoms with Crippen LogP contribution in [0.25, 0.3) is 0 Å². The lowest BCUT2D eigenvalue weighted by Gasteiger charge is -2.15. The highest BCUT2D eigenvalue weighted by molar-refractivity contribution is 7.89. The first kappa shape index (κ1) is 20.4. The minimum atomic E-state index is -3.55. The van der Waals surface area contributed by atoms with Gasteiger partial charge in [-0.3, -0.25) is 4.79 Å². The molecule has 140 valence electrons. The van der Waals surface area contributed by atoms with Crippen LogP contribution in [0.3, 0.4) is 0 Å². The van der Waals surface area contributed by atoms with Crippen LogP contribution in [-0.4, -0.2) is 39.3 Å². The first-order valence-corrected chi connectivity index (χ1v) is 9.83. The molecule has 2 aromatic carbocycles. The molecule has 26 heavy (non-hydrogen) atoms. The van der Waals surface area contributed by atoms with E-state index in [1.54, 1.807) is 18.2 Å². The van der Waals surface area contributed by atoms with Crippen LogP contribution in [0, 0.1) is 0 Å². The Hall–Kier alpha value is -1.93. The zero-order valence-electron chi connectivity index (χ0n) is 14.9. The van der Waals surface area contributed by atoms with Gasteiger partial charge in [0.1, 0.15) is 0 Å². The van der Waals surface area contributed by atoms with Crippen LogP contribution < -0.4 is 10.6 Å². The summed E-state index contributed by atoms with van der Waals surface area (Å²) in [4.78, 5) is 12.3. The molecule has 0 saturated carbocycles. The first-order chi connectivity index (χ1) is 12.2. The predicted octanol–water partition coefficient (Wildman–Crippen LogP) is 2.88. The second-order valence-electron chi connectivity index (χ2n) is 6.02. The third kappa shape index (κ3) is 5.28. The Morgan fingerprint density at radius 2 is 1.85 bits per heavy atom. The van der Waals surface area contributed by atoms with Crippen LogP contribution in [-0.2, 0) is 14.8 Å². The van der Waals surface area contributed by atoms with E-state index in [-0.39, 0.29) is 23.4 Å². The highest BCUT2D eigenvalue weighted by Gasteiger charge is 2.17. The van der Waals surface area contributed by atoms with Gasteiger partial charge in [0.15, 0.2) is 0 Å². The molecule has 2 rings (SSSR count). The molecule has 1 amide bonds. The van der Waals surface area contributed by atoms with Crippen molar-refractivity contribution in [3.05, 3.63) is 59.1 Å². The third-order valence-corrected chi connectivity index (χ3v) is 5.86. The number of carbonyl (C=O) groups excluding carboxylic acids is 1. The van der Waals surface area contributed by atoms with Crippen molar-refractivity contribution in [1.82, 2.24) is 9.62 Å². The number of halogens is 1. The molecule has 2 N–H and O–H groups in total. The van der Waals surface area contributed by atoms with Crippen molar-refractivity contribution in [2.24, 2.45) is 0 Å². The fourth-order valence-corrected chi connectivity index (χ4v) is 3.44. The van der Waals surface area contributed by atoms with Gasteiger partial charge >= 0.3 is 0 Å². The van der Waals surface area contributed by atoms with Crippen LogP contribution in [0.5, 0.6) is 0 Å². The number of anilines is 1. The predicted molar refractivity (Wildman–Crippen MR) is 104 cm³/mol. The van der Waals surface area contributed by atoms with E-state index in [0.29, 0.717) is 10.7 Å². The van der Waals surface area contributed by atoms with E-state index >= 15 is 0 Å². The number of nitrogens with zero attached hydrogens (tertiary/aromatic N) is 1. The standard InChI is InChI=1S/C18H22ClN3O3S/c1-13(14-6-4-7-15(19)10-14)20-12-18(23)21-16-8-5-9-17(11-16)26(24,25)22(2)3/h4-11,13,20H,12H2,1-3H3,(H,21,23)/t13-/m1/s1. The molecule has 0 bridgehead atoms. The summed E-state index contributed by atoms with van der Waals surface area (Å²) in [6.45, 7) is 2.02. The van der Waals surface area contributed by atoms with E-state index < -0.39 is 10.0 Å². The lowest BCUT2D eigenvalue weighted by atomic mass is 10.1. The zero-order valence-corrected chi connectivity index (χ0v) is 16.4. The second-order valence-corrected chi connectivity index (χ2v) is 8.61. The van der Waals surface area contributed by atoms with Crippen molar-refractivity contribution >= 4 is 33.2 Å². The molecule has 0 aliphatic carbocycles. The Morgan fingerprint density at radius 3 is 2.50 bits per heavy atom. The largest absolute Gasteiger partial charge is 0.325 e. The van der Waals surface area contributed by atoms with E-state index in [1.807, 2.05) is 25.1 Å². The van der Waals surface area contributed by atoms with E-state index in [9.17, 15) is 13.2 Å². The monoisotopic (exact) mass is 395 g/mol. The molecular formula is C18H22ClN3O3S. The Labute approximate surface area is 159 Å². The summed E-state index contributed by atoms with van der Waals surface area (Å²) in [7, 11) is -0.627. The van der Waals surface area contributed by atoms with E-state index in [4.69, 9.17) is 11.6 Å². The highest BCUT2D eigenvalue weighted by Crippen LogP contribution is 2.19. The summed E-state index contributed by atoms with van der Waals surface area (Å²) >= 11 is 5.97. The van der Waals surface area contributed by atoms with Crippen molar-refractivity contribution in [1.29, 1.82) is 0 Å². The molecule has 0 aromatic heterocycles. The maximum absolute atomic E-state index is 12.2. The van der Waals surface area contributed by atoms with Gasteiger partial charge in [-0.25, -0.2) is 12.7 Å². The van der Waals surface area contributed by atoms with E-state index in [1.165, 1.54) is 26.2 Å². The Balaban J connectivity index is 1.98.